The second kappa shape index (κ2) is 5.17. The monoisotopic (exact) mass is 279 g/mol. The summed E-state index contributed by atoms with van der Waals surface area (Å²) >= 11 is 0. The van der Waals surface area contributed by atoms with Crippen molar-refractivity contribution in [2.24, 2.45) is 0 Å². The average Bonchev–Trinajstić information content (AvgIpc) is 2.68. The van der Waals surface area contributed by atoms with Crippen LogP contribution in [0.2, 0.25) is 0 Å². The first kappa shape index (κ1) is 13.8. The molecule has 0 aliphatic carbocycles. The summed E-state index contributed by atoms with van der Waals surface area (Å²) in [5.41, 5.74) is 1.34. The van der Waals surface area contributed by atoms with Crippen LogP contribution >= 0.6 is 0 Å². The van der Waals surface area contributed by atoms with E-state index < -0.39 is 9.84 Å². The lowest BCUT2D eigenvalue weighted by atomic mass is 10.1. The summed E-state index contributed by atoms with van der Waals surface area (Å²) in [5.74, 6) is 1.08. The van der Waals surface area contributed by atoms with Gasteiger partial charge in [0.05, 0.1) is 17.1 Å². The van der Waals surface area contributed by atoms with Crippen molar-refractivity contribution >= 4 is 15.7 Å². The van der Waals surface area contributed by atoms with E-state index in [9.17, 15) is 8.42 Å². The second-order valence-electron chi connectivity index (χ2n) is 5.14. The number of rotatable bonds is 3. The van der Waals surface area contributed by atoms with Gasteiger partial charge < -0.3 is 5.32 Å². The lowest BCUT2D eigenvalue weighted by Gasteiger charge is -2.14. The fraction of sp³-hybridized carbons (Fsp3) is 0.538. The fourth-order valence-electron chi connectivity index (χ4n) is 2.10. The molecule has 5 nitrogen and oxygen atoms in total. The fourth-order valence-corrected chi connectivity index (χ4v) is 3.77. The Morgan fingerprint density at radius 3 is 2.74 bits per heavy atom. The number of nitrogens with zero attached hydrogens (tertiary/aromatic N) is 2. The van der Waals surface area contributed by atoms with Crippen LogP contribution in [0.5, 0.6) is 0 Å². The molecule has 1 unspecified atom stereocenters. The first-order valence-corrected chi connectivity index (χ1v) is 8.11. The molecule has 1 saturated heterocycles. The third kappa shape index (κ3) is 3.24. The smallest absolute Gasteiger partial charge is 0.152 e. The Bertz CT molecular complexity index is 617. The highest BCUT2D eigenvalue weighted by atomic mass is 32.2. The van der Waals surface area contributed by atoms with Gasteiger partial charge >= 0.3 is 0 Å². The standard InChI is InChI=1S/C13H17N3O2S/c1-9(2)12-4-3-10(7-14)13(16-12)15-11-5-6-19(17,18)8-11/h3-4,9,11H,5-6,8H2,1-2H3,(H,15,16). The highest BCUT2D eigenvalue weighted by molar-refractivity contribution is 7.91. The molecule has 0 aromatic carbocycles. The molecule has 1 atom stereocenters. The Balaban J connectivity index is 2.24. The number of nitrogens with one attached hydrogen (secondary N) is 1. The van der Waals surface area contributed by atoms with E-state index in [1.807, 2.05) is 19.9 Å². The van der Waals surface area contributed by atoms with Crippen molar-refractivity contribution in [2.75, 3.05) is 16.8 Å². The molecule has 0 radical (unpaired) electrons. The highest BCUT2D eigenvalue weighted by Gasteiger charge is 2.28. The summed E-state index contributed by atoms with van der Waals surface area (Å²) in [6, 6.07) is 5.50. The van der Waals surface area contributed by atoms with Crippen LogP contribution in [0.15, 0.2) is 12.1 Å². The Morgan fingerprint density at radius 2 is 2.21 bits per heavy atom. The third-order valence-corrected chi connectivity index (χ3v) is 4.97. The quantitative estimate of drug-likeness (QED) is 0.910. The predicted molar refractivity (Wildman–Crippen MR) is 73.7 cm³/mol. The van der Waals surface area contributed by atoms with Crippen molar-refractivity contribution in [1.29, 1.82) is 5.26 Å². The van der Waals surface area contributed by atoms with E-state index in [-0.39, 0.29) is 23.5 Å². The maximum absolute atomic E-state index is 11.4. The molecule has 1 aromatic rings. The van der Waals surface area contributed by atoms with E-state index >= 15 is 0 Å². The van der Waals surface area contributed by atoms with Crippen molar-refractivity contribution in [3.8, 4) is 6.07 Å². The van der Waals surface area contributed by atoms with Gasteiger partial charge in [-0.05, 0) is 24.5 Å². The van der Waals surface area contributed by atoms with Crippen LogP contribution in [0.25, 0.3) is 0 Å². The maximum atomic E-state index is 11.4. The molecule has 0 bridgehead atoms. The Morgan fingerprint density at radius 1 is 1.47 bits per heavy atom. The number of aromatic nitrogens is 1. The van der Waals surface area contributed by atoms with Crippen LogP contribution in [-0.4, -0.2) is 30.9 Å². The van der Waals surface area contributed by atoms with Gasteiger partial charge in [0, 0.05) is 11.7 Å². The van der Waals surface area contributed by atoms with Crippen molar-refractivity contribution in [2.45, 2.75) is 32.2 Å². The number of sulfone groups is 1. The van der Waals surface area contributed by atoms with Crippen LogP contribution in [0, 0.1) is 11.3 Å². The van der Waals surface area contributed by atoms with E-state index in [0.29, 0.717) is 17.8 Å². The lowest BCUT2D eigenvalue weighted by Crippen LogP contribution is -2.22. The van der Waals surface area contributed by atoms with Gasteiger partial charge in [-0.15, -0.1) is 0 Å². The molecule has 1 aliphatic heterocycles. The van der Waals surface area contributed by atoms with Gasteiger partial charge in [-0.3, -0.25) is 0 Å². The summed E-state index contributed by atoms with van der Waals surface area (Å²) < 4.78 is 22.9. The van der Waals surface area contributed by atoms with E-state index in [0.717, 1.165) is 5.69 Å². The molecule has 19 heavy (non-hydrogen) atoms. The van der Waals surface area contributed by atoms with E-state index in [4.69, 9.17) is 5.26 Å². The Hall–Kier alpha value is -1.61. The summed E-state index contributed by atoms with van der Waals surface area (Å²) in [7, 11) is -2.93. The van der Waals surface area contributed by atoms with Crippen molar-refractivity contribution in [3.05, 3.63) is 23.4 Å². The molecule has 0 saturated carbocycles. The third-order valence-electron chi connectivity index (χ3n) is 3.20. The van der Waals surface area contributed by atoms with Gasteiger partial charge in [0.2, 0.25) is 0 Å². The molecule has 6 heteroatoms. The normalized spacial score (nSPS) is 21.3. The molecule has 102 valence electrons. The molecule has 0 amide bonds. The lowest BCUT2D eigenvalue weighted by molar-refractivity contribution is 0.602. The van der Waals surface area contributed by atoms with Crippen LogP contribution in [0.1, 0.15) is 37.4 Å². The first-order chi connectivity index (χ1) is 8.91. The number of nitriles is 1. The van der Waals surface area contributed by atoms with Gasteiger partial charge in [-0.1, -0.05) is 13.8 Å². The van der Waals surface area contributed by atoms with Crippen molar-refractivity contribution in [1.82, 2.24) is 4.98 Å². The number of hydrogen-bond acceptors (Lipinski definition) is 5. The Kier molecular flexibility index (Phi) is 3.76. The molecule has 0 spiro atoms. The molecular weight excluding hydrogens is 262 g/mol. The largest absolute Gasteiger partial charge is 0.365 e. The molecular formula is C13H17N3O2S. The topological polar surface area (TPSA) is 82.9 Å². The molecule has 1 aliphatic rings. The highest BCUT2D eigenvalue weighted by Crippen LogP contribution is 2.21. The summed E-state index contributed by atoms with van der Waals surface area (Å²) in [6.07, 6.45) is 0.570. The van der Waals surface area contributed by atoms with Crippen LogP contribution in [0.4, 0.5) is 5.82 Å². The predicted octanol–water partition coefficient (Wildman–Crippen LogP) is 1.68. The van der Waals surface area contributed by atoms with Crippen LogP contribution in [0.3, 0.4) is 0 Å². The first-order valence-electron chi connectivity index (χ1n) is 6.29. The molecule has 1 N–H and O–H groups in total. The van der Waals surface area contributed by atoms with Crippen molar-refractivity contribution in [3.63, 3.8) is 0 Å². The van der Waals surface area contributed by atoms with Crippen LogP contribution in [-0.2, 0) is 9.84 Å². The minimum Gasteiger partial charge on any atom is -0.365 e. The van der Waals surface area contributed by atoms with Crippen molar-refractivity contribution < 1.29 is 8.42 Å². The summed E-state index contributed by atoms with van der Waals surface area (Å²) in [5, 5.41) is 12.2. The minimum atomic E-state index is -2.93. The summed E-state index contributed by atoms with van der Waals surface area (Å²) in [6.45, 7) is 4.05. The molecule has 1 fully saturated rings. The Labute approximate surface area is 113 Å². The molecule has 2 rings (SSSR count). The van der Waals surface area contributed by atoms with Crippen LogP contribution < -0.4 is 5.32 Å². The number of anilines is 1. The molecule has 2 heterocycles. The van der Waals surface area contributed by atoms with E-state index in [1.165, 1.54) is 0 Å². The SMILES string of the molecule is CC(C)c1ccc(C#N)c(NC2CCS(=O)(=O)C2)n1. The number of hydrogen-bond donors (Lipinski definition) is 1. The van der Waals surface area contributed by atoms with Gasteiger partial charge in [0.15, 0.2) is 9.84 Å². The second-order valence-corrected chi connectivity index (χ2v) is 7.37. The van der Waals surface area contributed by atoms with E-state index in [2.05, 4.69) is 16.4 Å². The maximum Gasteiger partial charge on any atom is 0.152 e. The molecule has 1 aromatic heterocycles. The number of pyridine rings is 1. The minimum absolute atomic E-state index is 0.117. The zero-order chi connectivity index (χ0) is 14.0. The van der Waals surface area contributed by atoms with Gasteiger partial charge in [0.25, 0.3) is 0 Å². The zero-order valence-electron chi connectivity index (χ0n) is 11.0. The van der Waals surface area contributed by atoms with Gasteiger partial charge in [-0.2, -0.15) is 5.26 Å². The summed E-state index contributed by atoms with van der Waals surface area (Å²) in [4.78, 5) is 4.43. The average molecular weight is 279 g/mol. The van der Waals surface area contributed by atoms with Gasteiger partial charge in [-0.25, -0.2) is 13.4 Å². The zero-order valence-corrected chi connectivity index (χ0v) is 11.9. The van der Waals surface area contributed by atoms with E-state index in [1.54, 1.807) is 6.07 Å². The van der Waals surface area contributed by atoms with Gasteiger partial charge in [0.1, 0.15) is 11.9 Å².